The van der Waals surface area contributed by atoms with Crippen LogP contribution in [0.1, 0.15) is 11.1 Å². The molecular formula is C16H15ClN2. The molecule has 0 saturated carbocycles. The van der Waals surface area contributed by atoms with Gasteiger partial charge in [-0.05, 0) is 47.7 Å². The topological polar surface area (TPSA) is 27.8 Å². The molecule has 19 heavy (non-hydrogen) atoms. The van der Waals surface area contributed by atoms with Crippen molar-refractivity contribution in [1.82, 2.24) is 4.98 Å². The van der Waals surface area contributed by atoms with Crippen LogP contribution in [0.5, 0.6) is 0 Å². The number of hydrogen-bond acceptors (Lipinski definition) is 1. The van der Waals surface area contributed by atoms with Gasteiger partial charge in [0.1, 0.15) is 0 Å². The van der Waals surface area contributed by atoms with E-state index in [1.54, 1.807) is 0 Å². The minimum atomic E-state index is 0.773. The second-order valence-electron chi connectivity index (χ2n) is 4.67. The average molecular weight is 271 g/mol. The Morgan fingerprint density at radius 2 is 2.05 bits per heavy atom. The van der Waals surface area contributed by atoms with Crippen molar-refractivity contribution in [3.05, 3.63) is 64.8 Å². The lowest BCUT2D eigenvalue weighted by molar-refractivity contribution is 1.15. The number of nitrogens with one attached hydrogen (secondary N) is 2. The third-order valence-electron chi connectivity index (χ3n) is 3.33. The molecule has 3 aromatic rings. The Labute approximate surface area is 117 Å². The highest BCUT2D eigenvalue weighted by atomic mass is 35.5. The number of hydrogen-bond donors (Lipinski definition) is 2. The molecule has 0 spiro atoms. The second-order valence-corrected chi connectivity index (χ2v) is 5.11. The Hall–Kier alpha value is -1.93. The second kappa shape index (κ2) is 4.98. The molecule has 0 saturated heterocycles. The summed E-state index contributed by atoms with van der Waals surface area (Å²) in [6.07, 6.45) is 1.97. The fourth-order valence-electron chi connectivity index (χ4n) is 2.31. The van der Waals surface area contributed by atoms with Gasteiger partial charge >= 0.3 is 0 Å². The Kier molecular flexibility index (Phi) is 3.18. The standard InChI is InChI=1S/C16H15ClN2/c1-11-9-14(17)5-6-15(11)19-10-13-4-2-3-12-7-8-18-16(12)13/h2-9,18-19H,10H2,1H3. The van der Waals surface area contributed by atoms with Crippen molar-refractivity contribution in [2.24, 2.45) is 0 Å². The molecule has 1 aromatic heterocycles. The molecule has 2 nitrogen and oxygen atoms in total. The Balaban J connectivity index is 1.84. The summed E-state index contributed by atoms with van der Waals surface area (Å²) in [5.41, 5.74) is 4.73. The van der Waals surface area contributed by atoms with Crippen molar-refractivity contribution in [2.45, 2.75) is 13.5 Å². The number of halogens is 1. The summed E-state index contributed by atoms with van der Waals surface area (Å²) in [6, 6.07) is 14.3. The van der Waals surface area contributed by atoms with Crippen LogP contribution in [-0.4, -0.2) is 4.98 Å². The van der Waals surface area contributed by atoms with E-state index >= 15 is 0 Å². The molecule has 0 fully saturated rings. The number of aromatic nitrogens is 1. The quantitative estimate of drug-likeness (QED) is 0.707. The van der Waals surface area contributed by atoms with Crippen LogP contribution in [0, 0.1) is 6.92 Å². The molecule has 2 aromatic carbocycles. The highest BCUT2D eigenvalue weighted by molar-refractivity contribution is 6.30. The van der Waals surface area contributed by atoms with Gasteiger partial charge in [-0.3, -0.25) is 0 Å². The molecule has 0 unspecified atom stereocenters. The molecule has 1 heterocycles. The zero-order valence-electron chi connectivity index (χ0n) is 10.7. The molecule has 0 bridgehead atoms. The number of aromatic amines is 1. The van der Waals surface area contributed by atoms with E-state index in [-0.39, 0.29) is 0 Å². The van der Waals surface area contributed by atoms with Crippen molar-refractivity contribution in [1.29, 1.82) is 0 Å². The van der Waals surface area contributed by atoms with E-state index in [0.29, 0.717) is 0 Å². The minimum Gasteiger partial charge on any atom is -0.381 e. The number of rotatable bonds is 3. The third-order valence-corrected chi connectivity index (χ3v) is 3.57. The first-order valence-corrected chi connectivity index (χ1v) is 6.67. The van der Waals surface area contributed by atoms with Gasteiger partial charge in [0.05, 0.1) is 5.52 Å². The molecule has 0 radical (unpaired) electrons. The first kappa shape index (κ1) is 12.1. The van der Waals surface area contributed by atoms with E-state index in [1.807, 2.05) is 24.4 Å². The van der Waals surface area contributed by atoms with Crippen LogP contribution in [0.2, 0.25) is 5.02 Å². The van der Waals surface area contributed by atoms with Crippen LogP contribution in [0.4, 0.5) is 5.69 Å². The van der Waals surface area contributed by atoms with Crippen LogP contribution >= 0.6 is 11.6 Å². The number of anilines is 1. The molecule has 3 heteroatoms. The maximum Gasteiger partial charge on any atom is 0.0504 e. The smallest absolute Gasteiger partial charge is 0.0504 e. The van der Waals surface area contributed by atoms with E-state index < -0.39 is 0 Å². The molecule has 0 amide bonds. The molecule has 0 aliphatic rings. The zero-order valence-corrected chi connectivity index (χ0v) is 11.5. The number of fused-ring (bicyclic) bond motifs is 1. The van der Waals surface area contributed by atoms with E-state index in [9.17, 15) is 0 Å². The zero-order chi connectivity index (χ0) is 13.2. The van der Waals surface area contributed by atoms with E-state index in [2.05, 4.69) is 41.5 Å². The SMILES string of the molecule is Cc1cc(Cl)ccc1NCc1cccc2cc[nH]c12. The first-order valence-electron chi connectivity index (χ1n) is 6.29. The first-order chi connectivity index (χ1) is 9.24. The molecule has 2 N–H and O–H groups in total. The summed E-state index contributed by atoms with van der Waals surface area (Å²) in [6.45, 7) is 2.85. The predicted molar refractivity (Wildman–Crippen MR) is 81.8 cm³/mol. The lowest BCUT2D eigenvalue weighted by Gasteiger charge is -2.10. The predicted octanol–water partition coefficient (Wildman–Crippen LogP) is 4.74. The number of H-pyrrole nitrogens is 1. The van der Waals surface area contributed by atoms with Crippen molar-refractivity contribution in [3.8, 4) is 0 Å². The van der Waals surface area contributed by atoms with Crippen molar-refractivity contribution >= 4 is 28.2 Å². The van der Waals surface area contributed by atoms with Gasteiger partial charge in [0, 0.05) is 23.5 Å². The summed E-state index contributed by atoms with van der Waals surface area (Å²) in [5, 5.41) is 5.48. The molecule has 96 valence electrons. The van der Waals surface area contributed by atoms with Crippen molar-refractivity contribution in [3.63, 3.8) is 0 Å². The van der Waals surface area contributed by atoms with Gasteiger partial charge in [-0.1, -0.05) is 29.8 Å². The Morgan fingerprint density at radius 3 is 2.89 bits per heavy atom. The average Bonchev–Trinajstić information content (AvgIpc) is 2.86. The summed E-state index contributed by atoms with van der Waals surface area (Å²) < 4.78 is 0. The van der Waals surface area contributed by atoms with Crippen LogP contribution in [-0.2, 0) is 6.54 Å². The number of benzene rings is 2. The van der Waals surface area contributed by atoms with Crippen LogP contribution in [0.3, 0.4) is 0 Å². The Morgan fingerprint density at radius 1 is 1.16 bits per heavy atom. The van der Waals surface area contributed by atoms with Crippen LogP contribution in [0.15, 0.2) is 48.7 Å². The molecule has 0 aliphatic carbocycles. The van der Waals surface area contributed by atoms with Crippen molar-refractivity contribution in [2.75, 3.05) is 5.32 Å². The number of aryl methyl sites for hydroxylation is 1. The van der Waals surface area contributed by atoms with Gasteiger partial charge in [0.15, 0.2) is 0 Å². The summed E-state index contributed by atoms with van der Waals surface area (Å²) in [7, 11) is 0. The van der Waals surface area contributed by atoms with Crippen LogP contribution in [0.25, 0.3) is 10.9 Å². The van der Waals surface area contributed by atoms with Gasteiger partial charge in [0.2, 0.25) is 0 Å². The maximum absolute atomic E-state index is 5.96. The molecule has 3 rings (SSSR count). The lowest BCUT2D eigenvalue weighted by atomic mass is 10.1. The Bertz CT molecular complexity index is 716. The van der Waals surface area contributed by atoms with Gasteiger partial charge in [-0.15, -0.1) is 0 Å². The fraction of sp³-hybridized carbons (Fsp3) is 0.125. The minimum absolute atomic E-state index is 0.773. The van der Waals surface area contributed by atoms with Crippen molar-refractivity contribution < 1.29 is 0 Å². The summed E-state index contributed by atoms with van der Waals surface area (Å²) >= 11 is 5.96. The van der Waals surface area contributed by atoms with Crippen LogP contribution < -0.4 is 5.32 Å². The monoisotopic (exact) mass is 270 g/mol. The largest absolute Gasteiger partial charge is 0.381 e. The van der Waals surface area contributed by atoms with Gasteiger partial charge in [-0.25, -0.2) is 0 Å². The van der Waals surface area contributed by atoms with E-state index in [1.165, 1.54) is 16.5 Å². The summed E-state index contributed by atoms with van der Waals surface area (Å²) in [4.78, 5) is 3.29. The normalized spacial score (nSPS) is 10.8. The molecule has 0 aliphatic heterocycles. The highest BCUT2D eigenvalue weighted by Gasteiger charge is 2.03. The molecule has 0 atom stereocenters. The number of para-hydroxylation sites is 1. The lowest BCUT2D eigenvalue weighted by Crippen LogP contribution is -2.01. The third kappa shape index (κ3) is 2.45. The van der Waals surface area contributed by atoms with E-state index in [0.717, 1.165) is 22.8 Å². The molecular weight excluding hydrogens is 256 g/mol. The summed E-state index contributed by atoms with van der Waals surface area (Å²) in [5.74, 6) is 0. The fourth-order valence-corrected chi connectivity index (χ4v) is 2.54. The van der Waals surface area contributed by atoms with Gasteiger partial charge in [0.25, 0.3) is 0 Å². The van der Waals surface area contributed by atoms with Gasteiger partial charge in [-0.2, -0.15) is 0 Å². The van der Waals surface area contributed by atoms with Gasteiger partial charge < -0.3 is 10.3 Å². The highest BCUT2D eigenvalue weighted by Crippen LogP contribution is 2.22. The van der Waals surface area contributed by atoms with E-state index in [4.69, 9.17) is 11.6 Å². The maximum atomic E-state index is 5.96.